The minimum Gasteiger partial charge on any atom is -0.411 e. The highest BCUT2D eigenvalue weighted by molar-refractivity contribution is 7.99. The summed E-state index contributed by atoms with van der Waals surface area (Å²) >= 11 is 1.29. The first kappa shape index (κ1) is 17.0. The van der Waals surface area contributed by atoms with Crippen molar-refractivity contribution in [2.45, 2.75) is 57.2 Å². The van der Waals surface area contributed by atoms with E-state index in [9.17, 15) is 4.79 Å². The van der Waals surface area contributed by atoms with Crippen LogP contribution in [0, 0.1) is 13.8 Å². The average Bonchev–Trinajstić information content (AvgIpc) is 3.05. The number of amides is 1. The lowest BCUT2D eigenvalue weighted by molar-refractivity contribution is -0.119. The number of aryl methyl sites for hydroxylation is 2. The zero-order valence-corrected chi connectivity index (χ0v) is 15.0. The Morgan fingerprint density at radius 1 is 1.21 bits per heavy atom. The van der Waals surface area contributed by atoms with E-state index in [0.29, 0.717) is 22.9 Å². The molecular weight excluding hydrogens is 322 g/mol. The first-order valence-corrected chi connectivity index (χ1v) is 9.43. The number of nitrogens with one attached hydrogen (secondary N) is 1. The van der Waals surface area contributed by atoms with Crippen molar-refractivity contribution in [3.8, 4) is 11.5 Å². The van der Waals surface area contributed by atoms with Gasteiger partial charge in [0, 0.05) is 11.6 Å². The second-order valence-electron chi connectivity index (χ2n) is 6.36. The maximum Gasteiger partial charge on any atom is 0.277 e. The van der Waals surface area contributed by atoms with Crippen LogP contribution in [0.2, 0.25) is 0 Å². The van der Waals surface area contributed by atoms with Crippen LogP contribution in [0.15, 0.2) is 27.8 Å². The molecule has 0 bridgehead atoms. The van der Waals surface area contributed by atoms with Gasteiger partial charge in [-0.05, 0) is 49.9 Å². The van der Waals surface area contributed by atoms with E-state index in [2.05, 4.69) is 29.4 Å². The molecule has 1 aromatic carbocycles. The van der Waals surface area contributed by atoms with E-state index in [0.717, 1.165) is 18.4 Å². The van der Waals surface area contributed by atoms with E-state index >= 15 is 0 Å². The summed E-state index contributed by atoms with van der Waals surface area (Å²) < 4.78 is 5.67. The van der Waals surface area contributed by atoms with Gasteiger partial charge in [-0.1, -0.05) is 37.1 Å². The molecule has 1 aliphatic carbocycles. The summed E-state index contributed by atoms with van der Waals surface area (Å²) in [6.45, 7) is 4.12. The lowest BCUT2D eigenvalue weighted by Crippen LogP contribution is -2.37. The van der Waals surface area contributed by atoms with Gasteiger partial charge >= 0.3 is 0 Å². The summed E-state index contributed by atoms with van der Waals surface area (Å²) in [6.07, 6.45) is 5.88. The Labute approximate surface area is 146 Å². The van der Waals surface area contributed by atoms with Gasteiger partial charge in [-0.3, -0.25) is 4.79 Å². The molecule has 5 nitrogen and oxygen atoms in total. The molecule has 1 amide bonds. The molecule has 24 heavy (non-hydrogen) atoms. The van der Waals surface area contributed by atoms with Gasteiger partial charge in [0.1, 0.15) is 0 Å². The van der Waals surface area contributed by atoms with E-state index in [4.69, 9.17) is 4.42 Å². The monoisotopic (exact) mass is 345 g/mol. The van der Waals surface area contributed by atoms with E-state index in [-0.39, 0.29) is 5.91 Å². The molecule has 0 radical (unpaired) electrons. The van der Waals surface area contributed by atoms with E-state index < -0.39 is 0 Å². The largest absolute Gasteiger partial charge is 0.411 e. The van der Waals surface area contributed by atoms with Crippen molar-refractivity contribution in [1.29, 1.82) is 0 Å². The highest BCUT2D eigenvalue weighted by atomic mass is 32.2. The average molecular weight is 345 g/mol. The van der Waals surface area contributed by atoms with Crippen molar-refractivity contribution in [1.82, 2.24) is 15.5 Å². The first-order chi connectivity index (χ1) is 11.6. The molecule has 0 saturated heterocycles. The minimum absolute atomic E-state index is 0.0397. The van der Waals surface area contributed by atoms with Gasteiger partial charge in [0.15, 0.2) is 0 Å². The van der Waals surface area contributed by atoms with Crippen LogP contribution in [0.4, 0.5) is 0 Å². The molecule has 0 atom stereocenters. The summed E-state index contributed by atoms with van der Waals surface area (Å²) in [7, 11) is 0. The Balaban J connectivity index is 1.53. The smallest absolute Gasteiger partial charge is 0.277 e. The molecule has 1 saturated carbocycles. The van der Waals surface area contributed by atoms with Gasteiger partial charge in [-0.2, -0.15) is 0 Å². The molecule has 0 spiro atoms. The Morgan fingerprint density at radius 3 is 2.75 bits per heavy atom. The number of benzene rings is 1. The fourth-order valence-corrected chi connectivity index (χ4v) is 3.48. The maximum absolute atomic E-state index is 12.0. The third-order valence-corrected chi connectivity index (χ3v) is 5.28. The summed E-state index contributed by atoms with van der Waals surface area (Å²) in [4.78, 5) is 12.0. The van der Waals surface area contributed by atoms with Gasteiger partial charge in [0.25, 0.3) is 5.22 Å². The number of aromatic nitrogens is 2. The molecule has 6 heteroatoms. The molecule has 2 aromatic rings. The Morgan fingerprint density at radius 2 is 2.00 bits per heavy atom. The zero-order valence-electron chi connectivity index (χ0n) is 14.2. The summed E-state index contributed by atoms with van der Waals surface area (Å²) in [5.74, 6) is 0.844. The SMILES string of the molecule is Cc1ccc(-c2nnc(SCC(=O)NC3CCCCC3)o2)cc1C. The number of nitrogens with zero attached hydrogens (tertiary/aromatic N) is 2. The van der Waals surface area contributed by atoms with Crippen LogP contribution < -0.4 is 5.32 Å². The number of thioether (sulfide) groups is 1. The minimum atomic E-state index is 0.0397. The highest BCUT2D eigenvalue weighted by Gasteiger charge is 2.17. The quantitative estimate of drug-likeness (QED) is 0.833. The van der Waals surface area contributed by atoms with Crippen LogP contribution in [0.5, 0.6) is 0 Å². The highest BCUT2D eigenvalue weighted by Crippen LogP contribution is 2.25. The maximum atomic E-state index is 12.0. The predicted octanol–water partition coefficient (Wildman–Crippen LogP) is 3.89. The van der Waals surface area contributed by atoms with Gasteiger partial charge in [0.05, 0.1) is 5.75 Å². The molecule has 1 fully saturated rings. The van der Waals surface area contributed by atoms with Gasteiger partial charge in [-0.15, -0.1) is 10.2 Å². The van der Waals surface area contributed by atoms with Gasteiger partial charge in [0.2, 0.25) is 11.8 Å². The van der Waals surface area contributed by atoms with Gasteiger partial charge < -0.3 is 9.73 Å². The number of carbonyl (C=O) groups is 1. The fourth-order valence-electron chi connectivity index (χ4n) is 2.90. The normalized spacial score (nSPS) is 15.4. The third-order valence-electron chi connectivity index (χ3n) is 4.46. The van der Waals surface area contributed by atoms with Gasteiger partial charge in [-0.25, -0.2) is 0 Å². The number of hydrogen-bond acceptors (Lipinski definition) is 5. The van der Waals surface area contributed by atoms with Crippen LogP contribution in [0.1, 0.15) is 43.2 Å². The van der Waals surface area contributed by atoms with E-state index in [1.807, 2.05) is 18.2 Å². The summed E-state index contributed by atoms with van der Waals surface area (Å²) in [6, 6.07) is 6.38. The van der Waals surface area contributed by atoms with Crippen LogP contribution in [-0.2, 0) is 4.79 Å². The topological polar surface area (TPSA) is 68.0 Å². The van der Waals surface area contributed by atoms with Crippen molar-refractivity contribution in [2.24, 2.45) is 0 Å². The molecular formula is C18H23N3O2S. The van der Waals surface area contributed by atoms with Crippen LogP contribution in [-0.4, -0.2) is 27.9 Å². The number of hydrogen-bond donors (Lipinski definition) is 1. The van der Waals surface area contributed by atoms with Crippen molar-refractivity contribution < 1.29 is 9.21 Å². The standard InChI is InChI=1S/C18H23N3O2S/c1-12-8-9-14(10-13(12)2)17-20-21-18(23-17)24-11-16(22)19-15-6-4-3-5-7-15/h8-10,15H,3-7,11H2,1-2H3,(H,19,22). The molecule has 1 heterocycles. The lowest BCUT2D eigenvalue weighted by Gasteiger charge is -2.22. The van der Waals surface area contributed by atoms with E-state index in [1.54, 1.807) is 0 Å². The Bertz CT molecular complexity index is 708. The molecule has 1 aliphatic rings. The van der Waals surface area contributed by atoms with Crippen LogP contribution in [0.25, 0.3) is 11.5 Å². The second kappa shape index (κ2) is 7.83. The van der Waals surface area contributed by atoms with Crippen molar-refractivity contribution in [2.75, 3.05) is 5.75 Å². The molecule has 1 aromatic heterocycles. The Kier molecular flexibility index (Phi) is 5.56. The molecule has 0 aliphatic heterocycles. The first-order valence-electron chi connectivity index (χ1n) is 8.45. The number of carbonyl (C=O) groups excluding carboxylic acids is 1. The molecule has 128 valence electrons. The molecule has 0 unspecified atom stereocenters. The van der Waals surface area contributed by atoms with E-state index in [1.165, 1.54) is 42.2 Å². The van der Waals surface area contributed by atoms with Crippen LogP contribution in [0.3, 0.4) is 0 Å². The van der Waals surface area contributed by atoms with Crippen molar-refractivity contribution >= 4 is 17.7 Å². The predicted molar refractivity (Wildman–Crippen MR) is 94.9 cm³/mol. The molecule has 3 rings (SSSR count). The third kappa shape index (κ3) is 4.38. The number of rotatable bonds is 5. The fraction of sp³-hybridized carbons (Fsp3) is 0.500. The molecule has 1 N–H and O–H groups in total. The van der Waals surface area contributed by atoms with Crippen molar-refractivity contribution in [3.63, 3.8) is 0 Å². The zero-order chi connectivity index (χ0) is 16.9. The Hall–Kier alpha value is -1.82. The summed E-state index contributed by atoms with van der Waals surface area (Å²) in [5, 5.41) is 11.6. The van der Waals surface area contributed by atoms with Crippen LogP contribution >= 0.6 is 11.8 Å². The summed E-state index contributed by atoms with van der Waals surface area (Å²) in [5.41, 5.74) is 3.32. The van der Waals surface area contributed by atoms with Crippen molar-refractivity contribution in [3.05, 3.63) is 29.3 Å². The lowest BCUT2D eigenvalue weighted by atomic mass is 9.95. The second-order valence-corrected chi connectivity index (χ2v) is 7.29.